The van der Waals surface area contributed by atoms with E-state index < -0.39 is 0 Å². The molecule has 3 N–H and O–H groups in total. The molecule has 0 aliphatic rings. The van der Waals surface area contributed by atoms with Gasteiger partial charge in [0.25, 0.3) is 0 Å². The van der Waals surface area contributed by atoms with E-state index in [0.29, 0.717) is 0 Å². The molecule has 0 aliphatic heterocycles. The van der Waals surface area contributed by atoms with Crippen molar-refractivity contribution < 1.29 is 41.2 Å². The zero-order chi connectivity index (χ0) is 10.7. The second-order valence-corrected chi connectivity index (χ2v) is 3.28. The van der Waals surface area contributed by atoms with Crippen molar-refractivity contribution in [3.8, 4) is 0 Å². The summed E-state index contributed by atoms with van der Waals surface area (Å²) in [5.41, 5.74) is 0. The van der Waals surface area contributed by atoms with Gasteiger partial charge in [0, 0.05) is 44.2 Å². The van der Waals surface area contributed by atoms with E-state index in [2.05, 4.69) is 0 Å². The molecule has 0 fully saturated rings. The number of hydrogen-bond acceptors (Lipinski definition) is 3. The Bertz CT molecular complexity index is 43.9. The molecule has 4 heteroatoms. The third kappa shape index (κ3) is 3130. The minimum atomic E-state index is -0.167. The summed E-state index contributed by atoms with van der Waals surface area (Å²) in [5.74, 6) is 0. The van der Waals surface area contributed by atoms with Crippen molar-refractivity contribution in [2.45, 2.75) is 59.9 Å². The van der Waals surface area contributed by atoms with Gasteiger partial charge >= 0.3 is 0 Å². The van der Waals surface area contributed by atoms with Crippen LogP contribution in [0.5, 0.6) is 0 Å². The van der Waals surface area contributed by atoms with Gasteiger partial charge < -0.3 is 22.7 Å². The molecular formula is C10H27HfO3-. The second-order valence-electron chi connectivity index (χ2n) is 3.28. The SMILES string of the molecule is CC(C)O.CC(C)O.CC(C)O.[CH3-].[Hf]. The average Bonchev–Trinajstić information content (AvgIpc) is 1.54. The summed E-state index contributed by atoms with van der Waals surface area (Å²) in [4.78, 5) is 0. The van der Waals surface area contributed by atoms with Crippen LogP contribution in [0.1, 0.15) is 41.5 Å². The van der Waals surface area contributed by atoms with Gasteiger partial charge in [-0.05, 0) is 41.5 Å². The van der Waals surface area contributed by atoms with E-state index >= 15 is 0 Å². The summed E-state index contributed by atoms with van der Waals surface area (Å²) in [5, 5.41) is 24.2. The van der Waals surface area contributed by atoms with Crippen LogP contribution in [-0.4, -0.2) is 33.6 Å². The smallest absolute Gasteiger partial charge is 0.0483 e. The summed E-state index contributed by atoms with van der Waals surface area (Å²) >= 11 is 0. The number of aliphatic hydroxyl groups excluding tert-OH is 3. The fraction of sp³-hybridized carbons (Fsp3) is 0.900. The first-order valence-electron chi connectivity index (χ1n) is 4.24. The first kappa shape index (κ1) is 29.3. The molecule has 14 heavy (non-hydrogen) atoms. The Balaban J connectivity index is -0.0000000270. The maximum absolute atomic E-state index is 8.06. The van der Waals surface area contributed by atoms with Gasteiger partial charge in [-0.1, -0.05) is 0 Å². The van der Waals surface area contributed by atoms with Gasteiger partial charge in [0.15, 0.2) is 0 Å². The van der Waals surface area contributed by atoms with Crippen LogP contribution in [0.25, 0.3) is 0 Å². The molecule has 0 spiro atoms. The van der Waals surface area contributed by atoms with Crippen LogP contribution in [0.2, 0.25) is 0 Å². The maximum atomic E-state index is 8.06. The van der Waals surface area contributed by atoms with Gasteiger partial charge in [0.05, 0.1) is 0 Å². The van der Waals surface area contributed by atoms with E-state index in [1.165, 1.54) is 0 Å². The summed E-state index contributed by atoms with van der Waals surface area (Å²) in [6, 6.07) is 0. The third-order valence-corrected chi connectivity index (χ3v) is 0. The molecule has 0 aromatic rings. The van der Waals surface area contributed by atoms with E-state index in [1.54, 1.807) is 41.5 Å². The second kappa shape index (κ2) is 23.5. The van der Waals surface area contributed by atoms with Crippen molar-refractivity contribution in [2.24, 2.45) is 0 Å². The summed E-state index contributed by atoms with van der Waals surface area (Å²) in [7, 11) is 0. The van der Waals surface area contributed by atoms with Crippen molar-refractivity contribution in [3.63, 3.8) is 0 Å². The topological polar surface area (TPSA) is 60.7 Å². The largest absolute Gasteiger partial charge is 0.394 e. The van der Waals surface area contributed by atoms with E-state index in [0.717, 1.165) is 0 Å². The molecule has 0 aromatic heterocycles. The molecule has 0 heterocycles. The summed E-state index contributed by atoms with van der Waals surface area (Å²) < 4.78 is 0. The molecule has 90 valence electrons. The predicted octanol–water partition coefficient (Wildman–Crippen LogP) is 1.61. The molecule has 3 nitrogen and oxygen atoms in total. The molecule has 0 unspecified atom stereocenters. The standard InChI is InChI=1S/3C3H8O.CH3.Hf/c3*1-3(2)4;;/h3*3-4H,1-2H3;1H3;/q;;;-1;. The quantitative estimate of drug-likeness (QED) is 0.446. The fourth-order valence-corrected chi connectivity index (χ4v) is 0. The van der Waals surface area contributed by atoms with Gasteiger partial charge in [-0.2, -0.15) is 0 Å². The predicted molar refractivity (Wildman–Crippen MR) is 58.5 cm³/mol. The molecular weight excluding hydrogens is 347 g/mol. The van der Waals surface area contributed by atoms with E-state index in [1.807, 2.05) is 0 Å². The monoisotopic (exact) mass is 375 g/mol. The molecule has 0 aromatic carbocycles. The number of aliphatic hydroxyl groups is 3. The zero-order valence-corrected chi connectivity index (χ0v) is 14.2. The first-order valence-corrected chi connectivity index (χ1v) is 4.24. The van der Waals surface area contributed by atoms with Gasteiger partial charge in [-0.15, -0.1) is 0 Å². The first-order chi connectivity index (χ1) is 5.20. The van der Waals surface area contributed by atoms with Gasteiger partial charge in [-0.25, -0.2) is 0 Å². The van der Waals surface area contributed by atoms with Crippen LogP contribution in [-0.2, 0) is 25.8 Å². The van der Waals surface area contributed by atoms with E-state index in [9.17, 15) is 0 Å². The van der Waals surface area contributed by atoms with Crippen LogP contribution in [0.15, 0.2) is 0 Å². The Morgan fingerprint density at radius 1 is 0.571 bits per heavy atom. The minimum absolute atomic E-state index is 0. The molecule has 0 atom stereocenters. The Hall–Kier alpha value is 0.750. The Labute approximate surface area is 108 Å². The molecule has 0 bridgehead atoms. The number of rotatable bonds is 0. The van der Waals surface area contributed by atoms with E-state index in [4.69, 9.17) is 15.3 Å². The van der Waals surface area contributed by atoms with Gasteiger partial charge in [0.1, 0.15) is 0 Å². The van der Waals surface area contributed by atoms with Gasteiger partial charge in [-0.3, -0.25) is 0 Å². The van der Waals surface area contributed by atoms with Crippen molar-refractivity contribution in [1.29, 1.82) is 0 Å². The number of hydrogen-bond donors (Lipinski definition) is 3. The Kier molecular flexibility index (Phi) is 49.3. The Morgan fingerprint density at radius 3 is 0.571 bits per heavy atom. The third-order valence-electron chi connectivity index (χ3n) is 0. The van der Waals surface area contributed by atoms with Crippen molar-refractivity contribution in [3.05, 3.63) is 7.43 Å². The van der Waals surface area contributed by atoms with Crippen LogP contribution in [0.3, 0.4) is 0 Å². The van der Waals surface area contributed by atoms with Crippen LogP contribution in [0.4, 0.5) is 0 Å². The minimum Gasteiger partial charge on any atom is -0.394 e. The van der Waals surface area contributed by atoms with Crippen LogP contribution < -0.4 is 0 Å². The summed E-state index contributed by atoms with van der Waals surface area (Å²) in [6.45, 7) is 10.3. The molecule has 0 saturated carbocycles. The van der Waals surface area contributed by atoms with Crippen molar-refractivity contribution >= 4 is 0 Å². The van der Waals surface area contributed by atoms with Crippen molar-refractivity contribution in [2.75, 3.05) is 0 Å². The fourth-order valence-electron chi connectivity index (χ4n) is 0. The van der Waals surface area contributed by atoms with Crippen LogP contribution >= 0.6 is 0 Å². The van der Waals surface area contributed by atoms with Gasteiger partial charge in [0.2, 0.25) is 0 Å². The van der Waals surface area contributed by atoms with Crippen LogP contribution in [0, 0.1) is 7.43 Å². The van der Waals surface area contributed by atoms with Crippen molar-refractivity contribution in [1.82, 2.24) is 0 Å². The summed E-state index contributed by atoms with van der Waals surface area (Å²) in [6.07, 6.45) is -0.500. The zero-order valence-electron chi connectivity index (χ0n) is 10.6. The normalized spacial score (nSPS) is 7.71. The van der Waals surface area contributed by atoms with E-state index in [-0.39, 0.29) is 51.6 Å². The molecule has 0 rings (SSSR count). The molecule has 0 saturated heterocycles. The maximum Gasteiger partial charge on any atom is 0.0483 e. The average molecular weight is 374 g/mol. The molecule has 0 aliphatic carbocycles. The molecule has 0 amide bonds. The molecule has 0 radical (unpaired) electrons. The Morgan fingerprint density at radius 2 is 0.571 bits per heavy atom.